The maximum absolute atomic E-state index is 12.7. The van der Waals surface area contributed by atoms with Crippen molar-refractivity contribution >= 4 is 29.2 Å². The van der Waals surface area contributed by atoms with Gasteiger partial charge in [0.1, 0.15) is 5.82 Å². The summed E-state index contributed by atoms with van der Waals surface area (Å²) in [4.78, 5) is 33.2. The summed E-state index contributed by atoms with van der Waals surface area (Å²) in [6.07, 6.45) is 3.26. The summed E-state index contributed by atoms with van der Waals surface area (Å²) < 4.78 is 0. The fourth-order valence-electron chi connectivity index (χ4n) is 3.18. The molecule has 7 heteroatoms. The molecule has 0 unspecified atom stereocenters. The van der Waals surface area contributed by atoms with E-state index in [1.54, 1.807) is 60.9 Å². The Labute approximate surface area is 183 Å². The third-order valence-corrected chi connectivity index (χ3v) is 5.00. The number of benzene rings is 2. The van der Waals surface area contributed by atoms with Crippen molar-refractivity contribution in [2.75, 3.05) is 5.32 Å². The molecule has 2 amide bonds. The number of rotatable bonds is 5. The highest BCUT2D eigenvalue weighted by Crippen LogP contribution is 2.33. The highest BCUT2D eigenvalue weighted by Gasteiger charge is 2.16. The van der Waals surface area contributed by atoms with Crippen LogP contribution in [0.2, 0.25) is 5.02 Å². The number of nitrogens with zero attached hydrogens (tertiary/aromatic N) is 2. The maximum Gasteiger partial charge on any atom is 0.256 e. The topological polar surface area (TPSA) is 98.0 Å². The lowest BCUT2D eigenvalue weighted by Crippen LogP contribution is -2.16. The monoisotopic (exact) mass is 428 g/mol. The molecule has 3 N–H and O–H groups in total. The van der Waals surface area contributed by atoms with Gasteiger partial charge < -0.3 is 11.1 Å². The van der Waals surface area contributed by atoms with Crippen LogP contribution in [0.15, 0.2) is 85.2 Å². The number of nitrogens with two attached hydrogens (primary N) is 1. The van der Waals surface area contributed by atoms with Gasteiger partial charge in [0, 0.05) is 34.1 Å². The Morgan fingerprint density at radius 1 is 0.839 bits per heavy atom. The van der Waals surface area contributed by atoms with Gasteiger partial charge in [-0.25, -0.2) is 4.98 Å². The summed E-state index contributed by atoms with van der Waals surface area (Å²) in [6, 6.07) is 20.8. The van der Waals surface area contributed by atoms with Gasteiger partial charge in [0.05, 0.1) is 5.69 Å². The third kappa shape index (κ3) is 4.44. The zero-order valence-electron chi connectivity index (χ0n) is 16.2. The lowest BCUT2D eigenvalue weighted by Gasteiger charge is -2.12. The largest absolute Gasteiger partial charge is 0.366 e. The molecule has 0 radical (unpaired) electrons. The van der Waals surface area contributed by atoms with E-state index in [0.29, 0.717) is 44.4 Å². The number of carbonyl (C=O) groups excluding carboxylic acids is 2. The Kier molecular flexibility index (Phi) is 5.73. The molecular weight excluding hydrogens is 412 g/mol. The van der Waals surface area contributed by atoms with E-state index < -0.39 is 5.91 Å². The fourth-order valence-corrected chi connectivity index (χ4v) is 3.39. The number of nitrogens with one attached hydrogen (secondary N) is 1. The first-order valence-corrected chi connectivity index (χ1v) is 9.78. The van der Waals surface area contributed by atoms with Crippen LogP contribution in [0, 0.1) is 0 Å². The molecule has 0 bridgehead atoms. The van der Waals surface area contributed by atoms with Crippen LogP contribution in [0.1, 0.15) is 20.7 Å². The van der Waals surface area contributed by atoms with Crippen molar-refractivity contribution in [3.63, 3.8) is 0 Å². The molecule has 4 rings (SSSR count). The molecule has 2 heterocycles. The molecule has 0 saturated carbocycles. The van der Waals surface area contributed by atoms with Gasteiger partial charge in [0.2, 0.25) is 5.91 Å². The van der Waals surface area contributed by atoms with Gasteiger partial charge in [-0.05, 0) is 65.7 Å². The number of primary amides is 1. The van der Waals surface area contributed by atoms with Crippen LogP contribution in [0.4, 0.5) is 5.82 Å². The van der Waals surface area contributed by atoms with Gasteiger partial charge in [-0.15, -0.1) is 0 Å². The minimum Gasteiger partial charge on any atom is -0.366 e. The number of carbonyl (C=O) groups is 2. The zero-order chi connectivity index (χ0) is 21.8. The molecule has 31 heavy (non-hydrogen) atoms. The Hall–Kier alpha value is -4.03. The fraction of sp³-hybridized carbons (Fsp3) is 0. The van der Waals surface area contributed by atoms with Crippen LogP contribution in [0.3, 0.4) is 0 Å². The van der Waals surface area contributed by atoms with E-state index in [9.17, 15) is 9.59 Å². The summed E-state index contributed by atoms with van der Waals surface area (Å²) in [5.74, 6) is -0.520. The molecule has 4 aromatic rings. The SMILES string of the molecule is NC(=O)c1ccc(C(=O)Nc2ccccn2)cc1-c1ccc(Cl)c(-c2ccccn2)c1. The molecule has 0 spiro atoms. The normalized spacial score (nSPS) is 10.5. The number of aromatic nitrogens is 2. The predicted octanol–water partition coefficient (Wildman–Crippen LogP) is 4.82. The average molecular weight is 429 g/mol. The Morgan fingerprint density at radius 2 is 1.61 bits per heavy atom. The molecule has 0 aliphatic rings. The first-order chi connectivity index (χ1) is 15.0. The Balaban J connectivity index is 1.77. The van der Waals surface area contributed by atoms with Crippen molar-refractivity contribution in [1.82, 2.24) is 9.97 Å². The van der Waals surface area contributed by atoms with Crippen LogP contribution in [0.5, 0.6) is 0 Å². The van der Waals surface area contributed by atoms with E-state index >= 15 is 0 Å². The number of halogens is 1. The molecule has 0 fully saturated rings. The van der Waals surface area contributed by atoms with Crippen LogP contribution in [0.25, 0.3) is 22.4 Å². The molecule has 152 valence electrons. The molecule has 0 saturated heterocycles. The molecule has 0 aliphatic heterocycles. The van der Waals surface area contributed by atoms with Crippen LogP contribution >= 0.6 is 11.6 Å². The van der Waals surface area contributed by atoms with E-state index in [0.717, 1.165) is 0 Å². The van der Waals surface area contributed by atoms with Crippen molar-refractivity contribution in [3.8, 4) is 22.4 Å². The minimum absolute atomic E-state index is 0.295. The number of amides is 2. The molecular formula is C24H17ClN4O2. The van der Waals surface area contributed by atoms with Crippen LogP contribution < -0.4 is 11.1 Å². The van der Waals surface area contributed by atoms with Crippen LogP contribution in [-0.2, 0) is 0 Å². The molecule has 2 aromatic carbocycles. The molecule has 2 aromatic heterocycles. The highest BCUT2D eigenvalue weighted by atomic mass is 35.5. The molecule has 0 aliphatic carbocycles. The highest BCUT2D eigenvalue weighted by molar-refractivity contribution is 6.33. The lowest BCUT2D eigenvalue weighted by molar-refractivity contribution is 0.0995. The first kappa shape index (κ1) is 20.3. The summed E-state index contributed by atoms with van der Waals surface area (Å²) in [7, 11) is 0. The van der Waals surface area contributed by atoms with Gasteiger partial charge in [0.25, 0.3) is 5.91 Å². The summed E-state index contributed by atoms with van der Waals surface area (Å²) in [6.45, 7) is 0. The standard InChI is InChI=1S/C24H17ClN4O2/c25-20-10-8-15(13-19(20)21-5-1-3-11-27-21)18-14-16(7-9-17(18)23(26)30)24(31)29-22-6-2-4-12-28-22/h1-14H,(H2,26,30)(H,28,29,31). The average Bonchev–Trinajstić information content (AvgIpc) is 2.80. The second-order valence-electron chi connectivity index (χ2n) is 6.70. The van der Waals surface area contributed by atoms with E-state index in [-0.39, 0.29) is 5.91 Å². The summed E-state index contributed by atoms with van der Waals surface area (Å²) >= 11 is 6.39. The van der Waals surface area contributed by atoms with Gasteiger partial charge >= 0.3 is 0 Å². The quantitative estimate of drug-likeness (QED) is 0.476. The van der Waals surface area contributed by atoms with E-state index in [4.69, 9.17) is 17.3 Å². The number of pyridine rings is 2. The Morgan fingerprint density at radius 3 is 2.29 bits per heavy atom. The van der Waals surface area contributed by atoms with Gasteiger partial charge in [0.15, 0.2) is 0 Å². The van der Waals surface area contributed by atoms with Crippen molar-refractivity contribution in [1.29, 1.82) is 0 Å². The summed E-state index contributed by atoms with van der Waals surface area (Å²) in [5.41, 5.74) is 8.86. The third-order valence-electron chi connectivity index (χ3n) is 4.67. The molecule has 0 atom stereocenters. The minimum atomic E-state index is -0.596. The van der Waals surface area contributed by atoms with Gasteiger partial charge in [-0.3, -0.25) is 14.6 Å². The van der Waals surface area contributed by atoms with Crippen LogP contribution in [-0.4, -0.2) is 21.8 Å². The van der Waals surface area contributed by atoms with Gasteiger partial charge in [-0.1, -0.05) is 29.8 Å². The van der Waals surface area contributed by atoms with Gasteiger partial charge in [-0.2, -0.15) is 0 Å². The van der Waals surface area contributed by atoms with Crippen molar-refractivity contribution in [2.24, 2.45) is 5.73 Å². The number of anilines is 1. The smallest absolute Gasteiger partial charge is 0.256 e. The second-order valence-corrected chi connectivity index (χ2v) is 7.11. The Bertz CT molecular complexity index is 1260. The van der Waals surface area contributed by atoms with E-state index in [2.05, 4.69) is 15.3 Å². The van der Waals surface area contributed by atoms with Crippen molar-refractivity contribution in [2.45, 2.75) is 0 Å². The van der Waals surface area contributed by atoms with Crippen molar-refractivity contribution in [3.05, 3.63) is 101 Å². The first-order valence-electron chi connectivity index (χ1n) is 9.40. The summed E-state index contributed by atoms with van der Waals surface area (Å²) in [5, 5.41) is 3.26. The zero-order valence-corrected chi connectivity index (χ0v) is 17.0. The second kappa shape index (κ2) is 8.77. The van der Waals surface area contributed by atoms with Crippen molar-refractivity contribution < 1.29 is 9.59 Å². The number of hydrogen-bond acceptors (Lipinski definition) is 4. The van der Waals surface area contributed by atoms with E-state index in [1.165, 1.54) is 0 Å². The predicted molar refractivity (Wildman–Crippen MR) is 121 cm³/mol. The number of hydrogen-bond donors (Lipinski definition) is 2. The molecule has 6 nitrogen and oxygen atoms in total. The maximum atomic E-state index is 12.7. The lowest BCUT2D eigenvalue weighted by atomic mass is 9.94. The van der Waals surface area contributed by atoms with E-state index in [1.807, 2.05) is 24.3 Å².